The third kappa shape index (κ3) is 3.70. The second-order valence-corrected chi connectivity index (χ2v) is 7.71. The van der Waals surface area contributed by atoms with E-state index >= 15 is 0 Å². The van der Waals surface area contributed by atoms with Gasteiger partial charge in [0.15, 0.2) is 0 Å². The van der Waals surface area contributed by atoms with E-state index in [2.05, 4.69) is 4.98 Å². The van der Waals surface area contributed by atoms with Crippen LogP contribution in [0.5, 0.6) is 5.75 Å². The number of carbonyl (C=O) groups excluding carboxylic acids is 2. The standard InChI is InChI=1S/C24H26N2O4/c1-2-30-18-12-8-9-16(15-18)22(27)20-21(19-13-6-7-14-25-19)26(24(29)23(20)28)17-10-4-3-5-11-17/h6-9,12-15,17,21,27H,2-5,10-11H2,1H3/b22-20-. The van der Waals surface area contributed by atoms with Gasteiger partial charge in [0, 0.05) is 17.8 Å². The summed E-state index contributed by atoms with van der Waals surface area (Å²) in [5.74, 6) is -0.808. The zero-order valence-electron chi connectivity index (χ0n) is 17.1. The number of hydrogen-bond acceptors (Lipinski definition) is 5. The Bertz CT molecular complexity index is 964. The highest BCUT2D eigenvalue weighted by Crippen LogP contribution is 2.42. The lowest BCUT2D eigenvalue weighted by molar-refractivity contribution is -0.141. The van der Waals surface area contributed by atoms with Crippen molar-refractivity contribution in [1.82, 2.24) is 9.88 Å². The number of hydrogen-bond donors (Lipinski definition) is 1. The van der Waals surface area contributed by atoms with E-state index in [9.17, 15) is 14.7 Å². The lowest BCUT2D eigenvalue weighted by Gasteiger charge is -2.35. The molecule has 1 atom stereocenters. The molecule has 2 fully saturated rings. The van der Waals surface area contributed by atoms with Crippen LogP contribution in [-0.4, -0.2) is 39.3 Å². The highest BCUT2D eigenvalue weighted by atomic mass is 16.5. The topological polar surface area (TPSA) is 79.7 Å². The van der Waals surface area contributed by atoms with Crippen LogP contribution in [0.15, 0.2) is 54.2 Å². The van der Waals surface area contributed by atoms with Gasteiger partial charge in [-0.3, -0.25) is 14.6 Å². The molecular weight excluding hydrogens is 380 g/mol. The highest BCUT2D eigenvalue weighted by molar-refractivity contribution is 6.46. The molecule has 30 heavy (non-hydrogen) atoms. The van der Waals surface area contributed by atoms with E-state index in [1.54, 1.807) is 47.5 Å². The van der Waals surface area contributed by atoms with Crippen molar-refractivity contribution < 1.29 is 19.4 Å². The third-order valence-corrected chi connectivity index (χ3v) is 5.83. The lowest BCUT2D eigenvalue weighted by Crippen LogP contribution is -2.40. The summed E-state index contributed by atoms with van der Waals surface area (Å²) in [5.41, 5.74) is 1.13. The summed E-state index contributed by atoms with van der Waals surface area (Å²) in [4.78, 5) is 32.3. The number of pyridine rings is 1. The van der Waals surface area contributed by atoms with E-state index in [-0.39, 0.29) is 17.4 Å². The molecule has 1 N–H and O–H groups in total. The molecule has 1 aliphatic heterocycles. The normalized spacial score (nSPS) is 21.8. The number of carbonyl (C=O) groups is 2. The van der Waals surface area contributed by atoms with Crippen molar-refractivity contribution in [2.75, 3.05) is 6.61 Å². The predicted molar refractivity (Wildman–Crippen MR) is 113 cm³/mol. The van der Waals surface area contributed by atoms with E-state index in [4.69, 9.17) is 4.74 Å². The molecule has 1 saturated carbocycles. The van der Waals surface area contributed by atoms with E-state index in [0.29, 0.717) is 23.6 Å². The van der Waals surface area contributed by atoms with E-state index in [1.165, 1.54) is 0 Å². The van der Waals surface area contributed by atoms with Crippen LogP contribution < -0.4 is 4.74 Å². The van der Waals surface area contributed by atoms with Gasteiger partial charge in [0.05, 0.1) is 17.9 Å². The molecule has 1 unspecified atom stereocenters. The molecule has 1 aromatic carbocycles. The van der Waals surface area contributed by atoms with Crippen LogP contribution in [0.4, 0.5) is 0 Å². The Morgan fingerprint density at radius 1 is 1.13 bits per heavy atom. The Balaban J connectivity index is 1.84. The summed E-state index contributed by atoms with van der Waals surface area (Å²) in [6, 6.07) is 11.7. The Morgan fingerprint density at radius 3 is 2.63 bits per heavy atom. The van der Waals surface area contributed by atoms with Gasteiger partial charge in [0.2, 0.25) is 0 Å². The van der Waals surface area contributed by atoms with Crippen molar-refractivity contribution in [2.45, 2.75) is 51.1 Å². The van der Waals surface area contributed by atoms with Gasteiger partial charge >= 0.3 is 0 Å². The minimum atomic E-state index is -0.690. The van der Waals surface area contributed by atoms with E-state index < -0.39 is 17.7 Å². The first kappa shape index (κ1) is 20.1. The fourth-order valence-electron chi connectivity index (χ4n) is 4.47. The molecule has 2 aromatic rings. The monoisotopic (exact) mass is 406 g/mol. The van der Waals surface area contributed by atoms with Gasteiger partial charge in [-0.1, -0.05) is 37.5 Å². The zero-order valence-corrected chi connectivity index (χ0v) is 17.1. The number of aromatic nitrogens is 1. The number of nitrogens with zero attached hydrogens (tertiary/aromatic N) is 2. The fourth-order valence-corrected chi connectivity index (χ4v) is 4.47. The highest BCUT2D eigenvalue weighted by Gasteiger charge is 2.49. The van der Waals surface area contributed by atoms with Gasteiger partial charge in [-0.25, -0.2) is 0 Å². The average molecular weight is 406 g/mol. The molecule has 1 amide bonds. The smallest absolute Gasteiger partial charge is 0.295 e. The first-order chi connectivity index (χ1) is 14.6. The Morgan fingerprint density at radius 2 is 1.93 bits per heavy atom. The summed E-state index contributed by atoms with van der Waals surface area (Å²) in [6.07, 6.45) is 6.55. The van der Waals surface area contributed by atoms with Crippen LogP contribution in [0, 0.1) is 0 Å². The van der Waals surface area contributed by atoms with Gasteiger partial charge in [0.1, 0.15) is 17.6 Å². The van der Waals surface area contributed by atoms with Gasteiger partial charge < -0.3 is 14.7 Å². The number of likely N-dealkylation sites (tertiary alicyclic amines) is 1. The first-order valence-corrected chi connectivity index (χ1v) is 10.6. The second kappa shape index (κ2) is 8.69. The Hall–Kier alpha value is -3.15. The number of amides is 1. The summed E-state index contributed by atoms with van der Waals surface area (Å²) in [7, 11) is 0. The number of aliphatic hydroxyl groups excluding tert-OH is 1. The van der Waals surface area contributed by atoms with Crippen molar-refractivity contribution in [3.63, 3.8) is 0 Å². The summed E-state index contributed by atoms with van der Waals surface area (Å²) >= 11 is 0. The molecule has 156 valence electrons. The molecule has 4 rings (SSSR count). The van der Waals surface area contributed by atoms with Crippen molar-refractivity contribution in [3.8, 4) is 5.75 Å². The van der Waals surface area contributed by atoms with Crippen molar-refractivity contribution in [2.24, 2.45) is 0 Å². The van der Waals surface area contributed by atoms with Crippen molar-refractivity contribution in [1.29, 1.82) is 0 Å². The number of benzene rings is 1. The molecule has 1 saturated heterocycles. The maximum atomic E-state index is 13.1. The lowest BCUT2D eigenvalue weighted by atomic mass is 9.92. The summed E-state index contributed by atoms with van der Waals surface area (Å²) in [5, 5.41) is 11.1. The van der Waals surface area contributed by atoms with Crippen LogP contribution in [0.25, 0.3) is 5.76 Å². The molecule has 2 heterocycles. The predicted octanol–water partition coefficient (Wildman–Crippen LogP) is 4.23. The first-order valence-electron chi connectivity index (χ1n) is 10.6. The van der Waals surface area contributed by atoms with E-state index in [1.807, 2.05) is 13.0 Å². The second-order valence-electron chi connectivity index (χ2n) is 7.71. The molecule has 1 aliphatic carbocycles. The van der Waals surface area contributed by atoms with Gasteiger partial charge in [0.25, 0.3) is 11.7 Å². The molecule has 0 spiro atoms. The Labute approximate surface area is 176 Å². The maximum Gasteiger partial charge on any atom is 0.295 e. The molecule has 0 bridgehead atoms. The van der Waals surface area contributed by atoms with Crippen LogP contribution in [0.3, 0.4) is 0 Å². The van der Waals surface area contributed by atoms with Crippen LogP contribution in [0.2, 0.25) is 0 Å². The third-order valence-electron chi connectivity index (χ3n) is 5.83. The number of rotatable bonds is 5. The fraction of sp³-hybridized carbons (Fsp3) is 0.375. The summed E-state index contributed by atoms with van der Waals surface area (Å²) < 4.78 is 5.53. The minimum absolute atomic E-state index is 0.0257. The SMILES string of the molecule is CCOc1cccc(/C(O)=C2/C(=O)C(=O)N(C3CCCCC3)C2c2ccccn2)c1. The van der Waals surface area contributed by atoms with Crippen LogP contribution >= 0.6 is 0 Å². The molecular formula is C24H26N2O4. The van der Waals surface area contributed by atoms with E-state index in [0.717, 1.165) is 32.1 Å². The molecule has 2 aliphatic rings. The zero-order chi connectivity index (χ0) is 21.1. The molecule has 0 radical (unpaired) electrons. The Kier molecular flexibility index (Phi) is 5.84. The van der Waals surface area contributed by atoms with Crippen molar-refractivity contribution >= 4 is 17.4 Å². The van der Waals surface area contributed by atoms with Crippen LogP contribution in [0.1, 0.15) is 56.3 Å². The number of Topliss-reactive ketones (excluding diaryl/α,β-unsaturated/α-hetero) is 1. The van der Waals surface area contributed by atoms with Gasteiger partial charge in [-0.15, -0.1) is 0 Å². The molecule has 1 aromatic heterocycles. The number of aliphatic hydroxyl groups is 1. The number of ketones is 1. The maximum absolute atomic E-state index is 13.1. The van der Waals surface area contributed by atoms with Crippen LogP contribution in [-0.2, 0) is 9.59 Å². The van der Waals surface area contributed by atoms with Gasteiger partial charge in [-0.2, -0.15) is 0 Å². The summed E-state index contributed by atoms with van der Waals surface area (Å²) in [6.45, 7) is 2.37. The van der Waals surface area contributed by atoms with Crippen molar-refractivity contribution in [3.05, 3.63) is 65.5 Å². The van der Waals surface area contributed by atoms with Gasteiger partial charge in [-0.05, 0) is 44.0 Å². The quantitative estimate of drug-likeness (QED) is 0.457. The minimum Gasteiger partial charge on any atom is -0.507 e. The molecule has 6 nitrogen and oxygen atoms in total. The molecule has 6 heteroatoms. The largest absolute Gasteiger partial charge is 0.507 e. The number of ether oxygens (including phenoxy) is 1. The average Bonchev–Trinajstić information content (AvgIpc) is 3.05.